The van der Waals surface area contributed by atoms with Crippen molar-refractivity contribution in [1.29, 1.82) is 0 Å². The van der Waals surface area contributed by atoms with Crippen LogP contribution in [0.15, 0.2) is 78.9 Å². The van der Waals surface area contributed by atoms with Crippen molar-refractivity contribution >= 4 is 39.1 Å². The molecular weight excluding hydrogens is 529 g/mol. The Hall–Kier alpha value is -3.43. The summed E-state index contributed by atoms with van der Waals surface area (Å²) in [6.45, 7) is 3.02. The van der Waals surface area contributed by atoms with Crippen LogP contribution in [0.4, 0.5) is 10.1 Å². The minimum atomic E-state index is -3.93. The SMILES string of the molecule is CC(C)NC(=O)[C@@H](Cc1ccccc1)N(Cc1ccccc1Cl)C(=O)CN(c1ccc(F)cc1)S(C)(=O)=O. The van der Waals surface area contributed by atoms with Crippen LogP contribution in [0.2, 0.25) is 5.02 Å². The summed E-state index contributed by atoms with van der Waals surface area (Å²) in [6, 6.07) is 19.9. The van der Waals surface area contributed by atoms with Gasteiger partial charge in [-0.3, -0.25) is 13.9 Å². The van der Waals surface area contributed by atoms with Crippen LogP contribution in [0.5, 0.6) is 0 Å². The summed E-state index contributed by atoms with van der Waals surface area (Å²) in [7, 11) is -3.93. The van der Waals surface area contributed by atoms with E-state index in [1.807, 2.05) is 44.2 Å². The first-order chi connectivity index (χ1) is 18.0. The number of benzene rings is 3. The summed E-state index contributed by atoms with van der Waals surface area (Å²) in [4.78, 5) is 28.7. The molecule has 0 bridgehead atoms. The van der Waals surface area contributed by atoms with Gasteiger partial charge in [0, 0.05) is 24.0 Å². The van der Waals surface area contributed by atoms with E-state index in [0.717, 1.165) is 28.3 Å². The topological polar surface area (TPSA) is 86.8 Å². The lowest BCUT2D eigenvalue weighted by atomic mass is 10.0. The van der Waals surface area contributed by atoms with Gasteiger partial charge in [-0.2, -0.15) is 0 Å². The lowest BCUT2D eigenvalue weighted by molar-refractivity contribution is -0.140. The molecule has 3 aromatic rings. The number of sulfonamides is 1. The van der Waals surface area contributed by atoms with Crippen molar-refractivity contribution in [3.63, 3.8) is 0 Å². The molecule has 0 spiro atoms. The lowest BCUT2D eigenvalue weighted by Crippen LogP contribution is -2.54. The Bertz CT molecular complexity index is 1350. The van der Waals surface area contributed by atoms with Crippen molar-refractivity contribution in [2.24, 2.45) is 0 Å². The van der Waals surface area contributed by atoms with Crippen LogP contribution in [0.3, 0.4) is 0 Å². The molecular formula is C28H31ClFN3O4S. The molecule has 0 unspecified atom stereocenters. The molecule has 0 aliphatic heterocycles. The summed E-state index contributed by atoms with van der Waals surface area (Å²) in [5.41, 5.74) is 1.56. The largest absolute Gasteiger partial charge is 0.352 e. The zero-order valence-corrected chi connectivity index (χ0v) is 23.0. The van der Waals surface area contributed by atoms with E-state index < -0.39 is 34.3 Å². The predicted octanol–water partition coefficient (Wildman–Crippen LogP) is 4.41. The molecule has 1 atom stereocenters. The van der Waals surface area contributed by atoms with Crippen LogP contribution in [-0.4, -0.2) is 50.0 Å². The van der Waals surface area contributed by atoms with E-state index in [0.29, 0.717) is 10.6 Å². The maximum atomic E-state index is 13.9. The number of anilines is 1. The predicted molar refractivity (Wildman–Crippen MR) is 148 cm³/mol. The Morgan fingerprint density at radius 3 is 2.13 bits per heavy atom. The van der Waals surface area contributed by atoms with E-state index in [2.05, 4.69) is 5.32 Å². The summed E-state index contributed by atoms with van der Waals surface area (Å²) < 4.78 is 39.8. The number of hydrogen-bond donors (Lipinski definition) is 1. The third-order valence-electron chi connectivity index (χ3n) is 5.79. The Morgan fingerprint density at radius 2 is 1.55 bits per heavy atom. The molecule has 202 valence electrons. The summed E-state index contributed by atoms with van der Waals surface area (Å²) in [5.74, 6) is -1.53. The molecule has 3 rings (SSSR count). The molecule has 0 fully saturated rings. The Kier molecular flexibility index (Phi) is 9.88. The molecule has 0 aliphatic rings. The minimum Gasteiger partial charge on any atom is -0.352 e. The molecule has 1 N–H and O–H groups in total. The number of nitrogens with zero attached hydrogens (tertiary/aromatic N) is 2. The molecule has 0 heterocycles. The second kappa shape index (κ2) is 12.9. The quantitative estimate of drug-likeness (QED) is 0.377. The van der Waals surface area contributed by atoms with Gasteiger partial charge >= 0.3 is 0 Å². The molecule has 7 nitrogen and oxygen atoms in total. The molecule has 0 saturated heterocycles. The van der Waals surface area contributed by atoms with E-state index in [1.165, 1.54) is 17.0 Å². The fourth-order valence-electron chi connectivity index (χ4n) is 3.97. The normalized spacial score (nSPS) is 12.2. The van der Waals surface area contributed by atoms with Crippen molar-refractivity contribution < 1.29 is 22.4 Å². The van der Waals surface area contributed by atoms with E-state index in [-0.39, 0.29) is 30.6 Å². The third-order valence-corrected chi connectivity index (χ3v) is 7.30. The number of carbonyl (C=O) groups excluding carboxylic acids is 2. The summed E-state index contributed by atoms with van der Waals surface area (Å²) in [5, 5.41) is 3.29. The highest BCUT2D eigenvalue weighted by Crippen LogP contribution is 2.23. The number of hydrogen-bond acceptors (Lipinski definition) is 4. The highest BCUT2D eigenvalue weighted by atomic mass is 35.5. The highest BCUT2D eigenvalue weighted by Gasteiger charge is 2.33. The first-order valence-electron chi connectivity index (χ1n) is 12.1. The first kappa shape index (κ1) is 29.1. The first-order valence-corrected chi connectivity index (χ1v) is 14.3. The van der Waals surface area contributed by atoms with Crippen molar-refractivity contribution in [3.8, 4) is 0 Å². The molecule has 38 heavy (non-hydrogen) atoms. The number of halogens is 2. The van der Waals surface area contributed by atoms with Gasteiger partial charge < -0.3 is 10.2 Å². The summed E-state index contributed by atoms with van der Waals surface area (Å²) in [6.07, 6.45) is 1.17. The van der Waals surface area contributed by atoms with Gasteiger partial charge in [0.15, 0.2) is 0 Å². The lowest BCUT2D eigenvalue weighted by Gasteiger charge is -2.34. The van der Waals surface area contributed by atoms with Gasteiger partial charge in [-0.15, -0.1) is 0 Å². The smallest absolute Gasteiger partial charge is 0.244 e. The van der Waals surface area contributed by atoms with Crippen LogP contribution >= 0.6 is 11.6 Å². The maximum absolute atomic E-state index is 13.9. The van der Waals surface area contributed by atoms with Crippen molar-refractivity contribution in [2.75, 3.05) is 17.1 Å². The van der Waals surface area contributed by atoms with Crippen LogP contribution < -0.4 is 9.62 Å². The van der Waals surface area contributed by atoms with Crippen molar-refractivity contribution in [2.45, 2.75) is 38.9 Å². The van der Waals surface area contributed by atoms with Crippen molar-refractivity contribution in [1.82, 2.24) is 10.2 Å². The molecule has 10 heteroatoms. The van der Waals surface area contributed by atoms with E-state index >= 15 is 0 Å². The fraction of sp³-hybridized carbons (Fsp3) is 0.286. The Morgan fingerprint density at radius 1 is 0.947 bits per heavy atom. The average Bonchev–Trinajstić information content (AvgIpc) is 2.85. The van der Waals surface area contributed by atoms with Gasteiger partial charge in [0.05, 0.1) is 11.9 Å². The monoisotopic (exact) mass is 559 g/mol. The van der Waals surface area contributed by atoms with Crippen LogP contribution in [0.1, 0.15) is 25.0 Å². The number of amides is 2. The van der Waals surface area contributed by atoms with Gasteiger partial charge in [0.2, 0.25) is 21.8 Å². The second-order valence-corrected chi connectivity index (χ2v) is 11.5. The molecule has 2 amide bonds. The van der Waals surface area contributed by atoms with Crippen LogP contribution in [-0.2, 0) is 32.6 Å². The van der Waals surface area contributed by atoms with E-state index in [9.17, 15) is 22.4 Å². The number of carbonyl (C=O) groups is 2. The van der Waals surface area contributed by atoms with Gasteiger partial charge in [-0.1, -0.05) is 60.1 Å². The zero-order chi connectivity index (χ0) is 27.9. The number of nitrogens with one attached hydrogen (secondary N) is 1. The van der Waals surface area contributed by atoms with Gasteiger partial charge in [-0.25, -0.2) is 12.8 Å². The fourth-order valence-corrected chi connectivity index (χ4v) is 5.01. The van der Waals surface area contributed by atoms with Crippen LogP contribution in [0, 0.1) is 5.82 Å². The number of rotatable bonds is 11. The standard InChI is InChI=1S/C28H31ClFN3O4S/c1-20(2)31-28(35)26(17-21-9-5-4-6-10-21)32(18-22-11-7-8-12-25(22)29)27(34)19-33(38(3,36)37)24-15-13-23(30)14-16-24/h4-16,20,26H,17-19H2,1-3H3,(H,31,35)/t26-/m1/s1. The van der Waals surface area contributed by atoms with Crippen LogP contribution in [0.25, 0.3) is 0 Å². The van der Waals surface area contributed by atoms with E-state index in [4.69, 9.17) is 11.6 Å². The van der Waals surface area contributed by atoms with Gasteiger partial charge in [-0.05, 0) is 55.3 Å². The van der Waals surface area contributed by atoms with E-state index in [1.54, 1.807) is 24.3 Å². The Labute approximate surface area is 228 Å². The highest BCUT2D eigenvalue weighted by molar-refractivity contribution is 7.92. The van der Waals surface area contributed by atoms with Crippen molar-refractivity contribution in [3.05, 3.63) is 101 Å². The van der Waals surface area contributed by atoms with Gasteiger partial charge in [0.25, 0.3) is 0 Å². The van der Waals surface area contributed by atoms with Gasteiger partial charge in [0.1, 0.15) is 18.4 Å². The zero-order valence-electron chi connectivity index (χ0n) is 21.5. The average molecular weight is 560 g/mol. The Balaban J connectivity index is 2.06. The summed E-state index contributed by atoms with van der Waals surface area (Å²) >= 11 is 6.41. The molecule has 0 saturated carbocycles. The maximum Gasteiger partial charge on any atom is 0.244 e. The molecule has 3 aromatic carbocycles. The minimum absolute atomic E-state index is 0.0253. The molecule has 0 aliphatic carbocycles. The second-order valence-electron chi connectivity index (χ2n) is 9.23. The molecule has 0 radical (unpaired) electrons. The third kappa shape index (κ3) is 8.03. The molecule has 0 aromatic heterocycles.